The van der Waals surface area contributed by atoms with Crippen LogP contribution in [0.15, 0.2) is 47.8 Å². The molecule has 4 aromatic rings. The highest BCUT2D eigenvalue weighted by Crippen LogP contribution is 2.22. The molecule has 2 aromatic heterocycles. The van der Waals surface area contributed by atoms with E-state index in [4.69, 9.17) is 23.2 Å². The van der Waals surface area contributed by atoms with Crippen LogP contribution in [0.2, 0.25) is 10.0 Å². The number of aromatic nitrogens is 3. The summed E-state index contributed by atoms with van der Waals surface area (Å²) >= 11 is 13.4. The molecular weight excluding hydrogens is 422 g/mol. The molecule has 0 bridgehead atoms. The molecule has 5 nitrogen and oxygen atoms in total. The quantitative estimate of drug-likeness (QED) is 0.486. The number of amides is 1. The van der Waals surface area contributed by atoms with Gasteiger partial charge in [0.15, 0.2) is 5.82 Å². The molecule has 0 aliphatic carbocycles. The van der Waals surface area contributed by atoms with Crippen molar-refractivity contribution in [3.8, 4) is 11.4 Å². The molecule has 0 spiro atoms. The zero-order valence-corrected chi connectivity index (χ0v) is 16.7. The third-order valence-corrected chi connectivity index (χ3v) is 5.50. The topological polar surface area (TPSA) is 59.3 Å². The monoisotopic (exact) mass is 434 g/mol. The Morgan fingerprint density at radius 3 is 2.89 bits per heavy atom. The molecule has 2 heterocycles. The SMILES string of the molecule is O=C(NCCc1csc2nc(-c3cccc(F)c3)nn12)c1cc(Cl)ccc1Cl. The number of hydrogen-bond acceptors (Lipinski definition) is 4. The molecule has 0 aliphatic heterocycles. The molecule has 0 radical (unpaired) electrons. The van der Waals surface area contributed by atoms with Crippen LogP contribution >= 0.6 is 34.5 Å². The van der Waals surface area contributed by atoms with Gasteiger partial charge in [0.2, 0.25) is 4.96 Å². The first kappa shape index (κ1) is 18.9. The smallest absolute Gasteiger partial charge is 0.252 e. The summed E-state index contributed by atoms with van der Waals surface area (Å²) in [5, 5.41) is 10.0. The van der Waals surface area contributed by atoms with Gasteiger partial charge in [0.1, 0.15) is 5.82 Å². The highest BCUT2D eigenvalue weighted by atomic mass is 35.5. The summed E-state index contributed by atoms with van der Waals surface area (Å²) < 4.78 is 15.1. The molecule has 2 aromatic carbocycles. The van der Waals surface area contributed by atoms with Gasteiger partial charge in [0, 0.05) is 28.9 Å². The highest BCUT2D eigenvalue weighted by molar-refractivity contribution is 7.15. The van der Waals surface area contributed by atoms with Crippen molar-refractivity contribution < 1.29 is 9.18 Å². The number of nitrogens with zero attached hydrogens (tertiary/aromatic N) is 3. The molecule has 1 N–H and O–H groups in total. The summed E-state index contributed by atoms with van der Waals surface area (Å²) in [6, 6.07) is 10.9. The molecule has 0 aliphatic rings. The van der Waals surface area contributed by atoms with E-state index in [1.807, 2.05) is 5.38 Å². The minimum Gasteiger partial charge on any atom is -0.352 e. The summed E-state index contributed by atoms with van der Waals surface area (Å²) in [6.45, 7) is 0.392. The van der Waals surface area contributed by atoms with Gasteiger partial charge in [0.05, 0.1) is 16.3 Å². The van der Waals surface area contributed by atoms with Crippen LogP contribution in [0.4, 0.5) is 4.39 Å². The van der Waals surface area contributed by atoms with Gasteiger partial charge in [-0.2, -0.15) is 4.98 Å². The molecule has 9 heteroatoms. The Balaban J connectivity index is 1.47. The van der Waals surface area contributed by atoms with Crippen LogP contribution in [0, 0.1) is 5.82 Å². The number of hydrogen-bond donors (Lipinski definition) is 1. The maximum absolute atomic E-state index is 13.4. The fourth-order valence-electron chi connectivity index (χ4n) is 2.72. The van der Waals surface area contributed by atoms with Gasteiger partial charge in [-0.3, -0.25) is 4.79 Å². The molecule has 28 heavy (non-hydrogen) atoms. The second-order valence-electron chi connectivity index (χ2n) is 6.00. The molecule has 142 valence electrons. The molecule has 0 saturated heterocycles. The zero-order chi connectivity index (χ0) is 19.7. The van der Waals surface area contributed by atoms with E-state index in [0.717, 1.165) is 5.69 Å². The van der Waals surface area contributed by atoms with Crippen LogP contribution in [0.25, 0.3) is 16.3 Å². The molecule has 0 saturated carbocycles. The average molecular weight is 435 g/mol. The van der Waals surface area contributed by atoms with Crippen molar-refractivity contribution in [2.75, 3.05) is 6.54 Å². The van der Waals surface area contributed by atoms with Crippen molar-refractivity contribution in [3.63, 3.8) is 0 Å². The predicted octanol–water partition coefficient (Wildman–Crippen LogP) is 4.88. The first-order valence-electron chi connectivity index (χ1n) is 8.33. The number of fused-ring (bicyclic) bond motifs is 1. The standard InChI is InChI=1S/C19H13Cl2FN4OS/c20-12-4-5-16(21)15(9-12)18(27)23-7-6-14-10-28-19-24-17(25-26(14)19)11-2-1-3-13(22)8-11/h1-5,8-10H,6-7H2,(H,23,27). The summed E-state index contributed by atoms with van der Waals surface area (Å²) in [4.78, 5) is 17.5. The van der Waals surface area contributed by atoms with E-state index in [1.165, 1.54) is 29.5 Å². The lowest BCUT2D eigenvalue weighted by Crippen LogP contribution is -2.26. The van der Waals surface area contributed by atoms with Crippen molar-refractivity contribution >= 4 is 45.4 Å². The summed E-state index contributed by atoms with van der Waals surface area (Å²) in [6.07, 6.45) is 0.551. The van der Waals surface area contributed by atoms with E-state index in [0.29, 0.717) is 44.9 Å². The Morgan fingerprint density at radius 2 is 2.07 bits per heavy atom. The van der Waals surface area contributed by atoms with E-state index in [9.17, 15) is 9.18 Å². The fourth-order valence-corrected chi connectivity index (χ4v) is 3.95. The van der Waals surface area contributed by atoms with Gasteiger partial charge < -0.3 is 5.32 Å². The fraction of sp³-hybridized carbons (Fsp3) is 0.105. The molecule has 0 fully saturated rings. The lowest BCUT2D eigenvalue weighted by Gasteiger charge is -2.06. The second-order valence-corrected chi connectivity index (χ2v) is 7.68. The number of thiazole rings is 1. The van der Waals surface area contributed by atoms with Crippen LogP contribution in [0.3, 0.4) is 0 Å². The Labute approximate surface area is 173 Å². The lowest BCUT2D eigenvalue weighted by molar-refractivity contribution is 0.0954. The van der Waals surface area contributed by atoms with E-state index < -0.39 is 0 Å². The number of carbonyl (C=O) groups excluding carboxylic acids is 1. The maximum Gasteiger partial charge on any atom is 0.252 e. The van der Waals surface area contributed by atoms with Gasteiger partial charge in [-0.05, 0) is 30.3 Å². The average Bonchev–Trinajstić information content (AvgIpc) is 3.25. The first-order chi connectivity index (χ1) is 13.5. The Bertz CT molecular complexity index is 1170. The normalized spacial score (nSPS) is 11.1. The van der Waals surface area contributed by atoms with E-state index in [1.54, 1.807) is 28.8 Å². The van der Waals surface area contributed by atoms with Crippen molar-refractivity contribution in [2.24, 2.45) is 0 Å². The van der Waals surface area contributed by atoms with Gasteiger partial charge >= 0.3 is 0 Å². The number of carbonyl (C=O) groups is 1. The van der Waals surface area contributed by atoms with Crippen molar-refractivity contribution in [1.82, 2.24) is 19.9 Å². The highest BCUT2D eigenvalue weighted by Gasteiger charge is 2.14. The molecule has 4 rings (SSSR count). The van der Waals surface area contributed by atoms with E-state index in [-0.39, 0.29) is 11.7 Å². The third kappa shape index (κ3) is 3.87. The summed E-state index contributed by atoms with van der Waals surface area (Å²) in [5.74, 6) is -0.168. The molecule has 0 unspecified atom stereocenters. The van der Waals surface area contributed by atoms with E-state index in [2.05, 4.69) is 15.4 Å². The van der Waals surface area contributed by atoms with Crippen LogP contribution in [0.1, 0.15) is 16.1 Å². The van der Waals surface area contributed by atoms with Crippen LogP contribution in [-0.2, 0) is 6.42 Å². The van der Waals surface area contributed by atoms with Crippen molar-refractivity contribution in [1.29, 1.82) is 0 Å². The maximum atomic E-state index is 13.4. The van der Waals surface area contributed by atoms with Gasteiger partial charge in [0.25, 0.3) is 5.91 Å². The van der Waals surface area contributed by atoms with Crippen LogP contribution in [-0.4, -0.2) is 27.0 Å². The zero-order valence-electron chi connectivity index (χ0n) is 14.3. The predicted molar refractivity (Wildman–Crippen MR) is 109 cm³/mol. The number of halogens is 3. The molecule has 0 atom stereocenters. The first-order valence-corrected chi connectivity index (χ1v) is 9.97. The van der Waals surface area contributed by atoms with Crippen molar-refractivity contribution in [3.05, 3.63) is 75.0 Å². The third-order valence-electron chi connectivity index (χ3n) is 4.07. The minimum absolute atomic E-state index is 0.294. The summed E-state index contributed by atoms with van der Waals surface area (Å²) in [7, 11) is 0. The van der Waals surface area contributed by atoms with Crippen LogP contribution in [0.5, 0.6) is 0 Å². The summed E-state index contributed by atoms with van der Waals surface area (Å²) in [5.41, 5.74) is 1.84. The van der Waals surface area contributed by atoms with Gasteiger partial charge in [-0.25, -0.2) is 8.91 Å². The van der Waals surface area contributed by atoms with Gasteiger partial charge in [-0.1, -0.05) is 35.3 Å². The Kier molecular flexibility index (Phi) is 5.30. The van der Waals surface area contributed by atoms with Gasteiger partial charge in [-0.15, -0.1) is 16.4 Å². The van der Waals surface area contributed by atoms with E-state index >= 15 is 0 Å². The number of nitrogens with one attached hydrogen (secondary N) is 1. The van der Waals surface area contributed by atoms with Crippen LogP contribution < -0.4 is 5.32 Å². The Hall–Kier alpha value is -2.48. The minimum atomic E-state index is -0.335. The number of benzene rings is 2. The van der Waals surface area contributed by atoms with Crippen molar-refractivity contribution in [2.45, 2.75) is 6.42 Å². The molecular formula is C19H13Cl2FN4OS. The number of rotatable bonds is 5. The second kappa shape index (κ2) is 7.87. The molecule has 1 amide bonds. The largest absolute Gasteiger partial charge is 0.352 e. The lowest BCUT2D eigenvalue weighted by atomic mass is 10.2. The Morgan fingerprint density at radius 1 is 1.21 bits per heavy atom.